The Morgan fingerprint density at radius 1 is 1.44 bits per heavy atom. The molecule has 1 aromatic rings. The van der Waals surface area contributed by atoms with Crippen molar-refractivity contribution < 1.29 is 22.8 Å². The molecular formula is C11H8BrF3O2S. The van der Waals surface area contributed by atoms with Gasteiger partial charge in [0.2, 0.25) is 0 Å². The first-order valence-electron chi connectivity index (χ1n) is 4.78. The van der Waals surface area contributed by atoms with Crippen molar-refractivity contribution in [2.45, 2.75) is 22.2 Å². The maximum atomic E-state index is 12.2. The first-order chi connectivity index (χ1) is 8.24. The zero-order valence-corrected chi connectivity index (χ0v) is 11.5. The minimum Gasteiger partial charge on any atom is -0.298 e. The molecule has 0 amide bonds. The van der Waals surface area contributed by atoms with Crippen LogP contribution < -0.4 is 0 Å². The van der Waals surface area contributed by atoms with Crippen LogP contribution in [0.3, 0.4) is 0 Å². The maximum absolute atomic E-state index is 12.2. The molecule has 0 bridgehead atoms. The highest BCUT2D eigenvalue weighted by molar-refractivity contribution is 9.10. The molecule has 0 radical (unpaired) electrons. The van der Waals surface area contributed by atoms with Crippen LogP contribution in [0, 0.1) is 0 Å². The average Bonchev–Trinajstić information content (AvgIpc) is 2.25. The molecule has 2 nitrogen and oxygen atoms in total. The molecule has 1 atom stereocenters. The number of alkyl halides is 4. The zero-order chi connectivity index (χ0) is 13.9. The fourth-order valence-electron chi connectivity index (χ4n) is 1.26. The van der Waals surface area contributed by atoms with E-state index < -0.39 is 16.1 Å². The van der Waals surface area contributed by atoms with Crippen molar-refractivity contribution >= 4 is 39.8 Å². The number of carbonyl (C=O) groups excluding carboxylic acids is 2. The van der Waals surface area contributed by atoms with Crippen molar-refractivity contribution in [3.63, 3.8) is 0 Å². The van der Waals surface area contributed by atoms with Gasteiger partial charge in [-0.15, -0.1) is 0 Å². The van der Waals surface area contributed by atoms with Crippen LogP contribution in [-0.2, 0) is 0 Å². The summed E-state index contributed by atoms with van der Waals surface area (Å²) >= 11 is 2.71. The second kappa shape index (κ2) is 5.88. The monoisotopic (exact) mass is 340 g/mol. The van der Waals surface area contributed by atoms with Crippen LogP contribution >= 0.6 is 27.7 Å². The molecule has 0 fully saturated rings. The molecule has 0 saturated carbocycles. The fourth-order valence-corrected chi connectivity index (χ4v) is 2.09. The molecule has 0 aromatic heterocycles. The number of Topliss-reactive ketones (excluding diaryl/α,β-unsaturated/α-hetero) is 1. The van der Waals surface area contributed by atoms with Crippen molar-refractivity contribution in [1.29, 1.82) is 0 Å². The first-order valence-corrected chi connectivity index (χ1v) is 6.51. The average molecular weight is 341 g/mol. The molecule has 1 unspecified atom stereocenters. The number of thioether (sulfide) groups is 1. The summed E-state index contributed by atoms with van der Waals surface area (Å²) < 4.78 is 36.6. The number of aldehydes is 1. The highest BCUT2D eigenvalue weighted by Gasteiger charge is 2.30. The Kier molecular flexibility index (Phi) is 4.98. The van der Waals surface area contributed by atoms with Gasteiger partial charge in [0.25, 0.3) is 0 Å². The van der Waals surface area contributed by atoms with Crippen molar-refractivity contribution in [2.24, 2.45) is 0 Å². The van der Waals surface area contributed by atoms with Gasteiger partial charge in [-0.2, -0.15) is 13.2 Å². The number of rotatable bonds is 4. The second-order valence-electron chi connectivity index (χ2n) is 3.39. The molecule has 0 spiro atoms. The van der Waals surface area contributed by atoms with E-state index in [1.165, 1.54) is 6.07 Å². The van der Waals surface area contributed by atoms with Gasteiger partial charge >= 0.3 is 5.51 Å². The Morgan fingerprint density at radius 3 is 2.50 bits per heavy atom. The number of carbonyl (C=O) groups is 2. The van der Waals surface area contributed by atoms with Crippen molar-refractivity contribution in [3.8, 4) is 0 Å². The van der Waals surface area contributed by atoms with E-state index in [1.807, 2.05) is 0 Å². The van der Waals surface area contributed by atoms with Gasteiger partial charge in [-0.05, 0) is 36.9 Å². The normalized spacial score (nSPS) is 13.2. The lowest BCUT2D eigenvalue weighted by atomic mass is 10.0. The Morgan fingerprint density at radius 2 is 2.06 bits per heavy atom. The van der Waals surface area contributed by atoms with Crippen molar-refractivity contribution in [1.82, 2.24) is 0 Å². The van der Waals surface area contributed by atoms with Crippen LogP contribution in [0.25, 0.3) is 0 Å². The zero-order valence-electron chi connectivity index (χ0n) is 9.12. The Hall–Kier alpha value is -0.820. The summed E-state index contributed by atoms with van der Waals surface area (Å²) in [4.78, 5) is 21.8. The van der Waals surface area contributed by atoms with Crippen LogP contribution in [-0.4, -0.2) is 22.4 Å². The minimum atomic E-state index is -4.43. The Balaban J connectivity index is 3.18. The lowest BCUT2D eigenvalue weighted by Crippen LogP contribution is -2.13. The van der Waals surface area contributed by atoms with Gasteiger partial charge < -0.3 is 0 Å². The maximum Gasteiger partial charge on any atom is 0.446 e. The number of hydrogen-bond acceptors (Lipinski definition) is 3. The second-order valence-corrected chi connectivity index (χ2v) is 5.91. The van der Waals surface area contributed by atoms with E-state index in [1.54, 1.807) is 6.92 Å². The van der Waals surface area contributed by atoms with E-state index in [-0.39, 0.29) is 27.8 Å². The van der Waals surface area contributed by atoms with Crippen LogP contribution in [0.1, 0.15) is 27.6 Å². The number of ketones is 1. The molecule has 0 heterocycles. The smallest absolute Gasteiger partial charge is 0.298 e. The molecular weight excluding hydrogens is 333 g/mol. The molecule has 1 aromatic carbocycles. The highest BCUT2D eigenvalue weighted by atomic mass is 79.9. The Bertz CT molecular complexity index is 472. The first kappa shape index (κ1) is 15.2. The van der Waals surface area contributed by atoms with Gasteiger partial charge in [0.1, 0.15) is 0 Å². The van der Waals surface area contributed by atoms with Crippen molar-refractivity contribution in [3.05, 3.63) is 29.3 Å². The summed E-state index contributed by atoms with van der Waals surface area (Å²) in [6, 6.07) is 3.46. The molecule has 0 aliphatic rings. The molecule has 0 aliphatic heterocycles. The molecule has 18 heavy (non-hydrogen) atoms. The third-order valence-corrected chi connectivity index (χ3v) is 3.15. The quantitative estimate of drug-likeness (QED) is 0.358. The van der Waals surface area contributed by atoms with Gasteiger partial charge in [0.15, 0.2) is 12.1 Å². The van der Waals surface area contributed by atoms with Gasteiger partial charge in [0.05, 0.1) is 4.83 Å². The van der Waals surface area contributed by atoms with E-state index in [4.69, 9.17) is 0 Å². The highest BCUT2D eigenvalue weighted by Crippen LogP contribution is 2.37. The summed E-state index contributed by atoms with van der Waals surface area (Å²) in [6.45, 7) is 1.54. The molecule has 98 valence electrons. The van der Waals surface area contributed by atoms with Gasteiger partial charge in [-0.3, -0.25) is 9.59 Å². The van der Waals surface area contributed by atoms with E-state index in [0.29, 0.717) is 6.29 Å². The largest absolute Gasteiger partial charge is 0.446 e. The van der Waals surface area contributed by atoms with E-state index in [2.05, 4.69) is 15.9 Å². The number of hydrogen-bond donors (Lipinski definition) is 0. The third kappa shape index (κ3) is 4.13. The SMILES string of the molecule is CC(Br)C(=O)c1cc(SC(F)(F)F)ccc1C=O. The number of benzene rings is 1. The van der Waals surface area contributed by atoms with Crippen LogP contribution in [0.15, 0.2) is 23.1 Å². The summed E-state index contributed by atoms with van der Waals surface area (Å²) in [5, 5.41) is 0. The standard InChI is InChI=1S/C11H8BrF3O2S/c1-6(12)10(17)9-4-8(18-11(13,14)15)3-2-7(9)5-16/h2-6H,1H3. The molecule has 0 aliphatic carbocycles. The lowest BCUT2D eigenvalue weighted by Gasteiger charge is -2.10. The predicted molar refractivity (Wildman–Crippen MR) is 66.5 cm³/mol. The predicted octanol–water partition coefficient (Wildman–Crippen LogP) is 4.08. The van der Waals surface area contributed by atoms with Gasteiger partial charge in [-0.25, -0.2) is 0 Å². The van der Waals surface area contributed by atoms with Crippen LogP contribution in [0.5, 0.6) is 0 Å². The molecule has 0 N–H and O–H groups in total. The van der Waals surface area contributed by atoms with Gasteiger partial charge in [-0.1, -0.05) is 15.9 Å². The summed E-state index contributed by atoms with van der Waals surface area (Å²) in [5.74, 6) is -0.429. The summed E-state index contributed by atoms with van der Waals surface area (Å²) in [5.41, 5.74) is -4.36. The molecule has 0 saturated heterocycles. The third-order valence-electron chi connectivity index (χ3n) is 2.01. The lowest BCUT2D eigenvalue weighted by molar-refractivity contribution is -0.0328. The van der Waals surface area contributed by atoms with Gasteiger partial charge in [0, 0.05) is 16.0 Å². The van der Waals surface area contributed by atoms with E-state index in [9.17, 15) is 22.8 Å². The van der Waals surface area contributed by atoms with E-state index >= 15 is 0 Å². The van der Waals surface area contributed by atoms with Crippen molar-refractivity contribution in [2.75, 3.05) is 0 Å². The minimum absolute atomic E-state index is 0.0105. The number of halogens is 4. The molecule has 1 rings (SSSR count). The topological polar surface area (TPSA) is 34.1 Å². The fraction of sp³-hybridized carbons (Fsp3) is 0.273. The van der Waals surface area contributed by atoms with Crippen LogP contribution in [0.2, 0.25) is 0 Å². The molecule has 7 heteroatoms. The van der Waals surface area contributed by atoms with Crippen LogP contribution in [0.4, 0.5) is 13.2 Å². The van der Waals surface area contributed by atoms with E-state index in [0.717, 1.165) is 12.1 Å². The summed E-state index contributed by atoms with van der Waals surface area (Å²) in [7, 11) is 0. The Labute approximate surface area is 114 Å². The summed E-state index contributed by atoms with van der Waals surface area (Å²) in [6.07, 6.45) is 0.449.